The molecule has 0 aromatic heterocycles. The molecule has 3 rings (SSSR count). The summed E-state index contributed by atoms with van der Waals surface area (Å²) in [4.78, 5) is 25.7. The molecule has 0 atom stereocenters. The van der Waals surface area contributed by atoms with E-state index >= 15 is 0 Å². The zero-order chi connectivity index (χ0) is 52.6. The van der Waals surface area contributed by atoms with E-state index in [4.69, 9.17) is 5.11 Å². The predicted octanol–water partition coefficient (Wildman–Crippen LogP) is 20.9. The third-order valence-electron chi connectivity index (χ3n) is 8.71. The summed E-state index contributed by atoms with van der Waals surface area (Å²) in [6, 6.07) is 7.15. The Balaban J connectivity index is -0.000000172. The van der Waals surface area contributed by atoms with Crippen molar-refractivity contribution in [1.82, 2.24) is 0 Å². The van der Waals surface area contributed by atoms with Crippen LogP contribution in [0.15, 0.2) is 105 Å². The maximum Gasteiger partial charge on any atom is 0.190 e. The Morgan fingerprint density at radius 2 is 0.697 bits per heavy atom. The van der Waals surface area contributed by atoms with E-state index in [-0.39, 0.29) is 23.6 Å². The number of aliphatic hydroxyl groups excluding tert-OH is 1. The Morgan fingerprint density at radius 1 is 0.455 bits per heavy atom. The minimum absolute atomic E-state index is 0. The quantitative estimate of drug-likeness (QED) is 0.158. The van der Waals surface area contributed by atoms with Crippen LogP contribution in [0.5, 0.6) is 0 Å². The van der Waals surface area contributed by atoms with Gasteiger partial charge in [0.25, 0.3) is 0 Å². The number of rotatable bonds is 17. The summed E-state index contributed by atoms with van der Waals surface area (Å²) in [6.07, 6.45) is 30.1. The van der Waals surface area contributed by atoms with Crippen LogP contribution in [0.1, 0.15) is 284 Å². The van der Waals surface area contributed by atoms with Gasteiger partial charge >= 0.3 is 0 Å². The van der Waals surface area contributed by atoms with Crippen molar-refractivity contribution in [3.63, 3.8) is 0 Å². The van der Waals surface area contributed by atoms with Crippen LogP contribution >= 0.6 is 0 Å². The maximum atomic E-state index is 13.0. The molecule has 4 nitrogen and oxygen atoms in total. The van der Waals surface area contributed by atoms with Crippen LogP contribution in [0.25, 0.3) is 0 Å². The maximum absolute atomic E-state index is 13.0. The lowest BCUT2D eigenvalue weighted by atomic mass is 9.83. The molecule has 2 aliphatic carbocycles. The lowest BCUT2D eigenvalue weighted by molar-refractivity contribution is 0.0973. The Morgan fingerprint density at radius 3 is 0.955 bits per heavy atom. The van der Waals surface area contributed by atoms with E-state index in [1.165, 1.54) is 59.1 Å². The summed E-state index contributed by atoms with van der Waals surface area (Å²) in [6.45, 7) is 51.2. The van der Waals surface area contributed by atoms with Gasteiger partial charge in [0.05, 0.1) is 0 Å². The van der Waals surface area contributed by atoms with E-state index in [2.05, 4.69) is 84.9 Å². The molecule has 1 fully saturated rings. The molecule has 0 heterocycles. The van der Waals surface area contributed by atoms with Gasteiger partial charge < -0.3 is 10.6 Å². The van der Waals surface area contributed by atoms with Crippen LogP contribution in [-0.2, 0) is 0 Å². The van der Waals surface area contributed by atoms with Gasteiger partial charge in [-0.2, -0.15) is 0 Å². The molecule has 2 aliphatic rings. The van der Waals surface area contributed by atoms with Crippen LogP contribution in [0.3, 0.4) is 0 Å². The standard InChI is InChI=1S/C41H56O2.C3H6.C2H6O.8C2H6.H2O/c1-30(2)16-11-17-31(3)18-12-19-32(4)20-13-21-33(5)22-14-23-34(6)24-15-25-35(7)28-29-37-36(8)40(42)38-26-9-10-27-39(38)41(37)43;1-2-3-1;1-2-3;8*1-2;/h9-10,16,18,20,22,24,26-28H,11-15,17,19,21,23,25,29H2,1-8H3;1-3H2;3H,2H2,1H3;8*1-2H3;1H2/b31-18+,32-20+,33-22+,34-24+,35-28+;;;;;;;;;;;. The van der Waals surface area contributed by atoms with Gasteiger partial charge in [0.2, 0.25) is 0 Å². The van der Waals surface area contributed by atoms with Crippen LogP contribution in [0, 0.1) is 0 Å². The van der Waals surface area contributed by atoms with Gasteiger partial charge in [-0.3, -0.25) is 9.59 Å². The third kappa shape index (κ3) is 53.3. The lowest BCUT2D eigenvalue weighted by Gasteiger charge is -2.18. The van der Waals surface area contributed by atoms with Crippen molar-refractivity contribution in [3.8, 4) is 0 Å². The molecule has 390 valence electrons. The van der Waals surface area contributed by atoms with E-state index in [1.807, 2.05) is 123 Å². The number of benzene rings is 1. The van der Waals surface area contributed by atoms with Crippen molar-refractivity contribution >= 4 is 11.6 Å². The molecule has 1 saturated carbocycles. The highest BCUT2D eigenvalue weighted by atomic mass is 16.2. The second kappa shape index (κ2) is 68.2. The van der Waals surface area contributed by atoms with Gasteiger partial charge in [0, 0.05) is 28.9 Å². The fourth-order valence-corrected chi connectivity index (χ4v) is 5.36. The number of ketones is 2. The van der Waals surface area contributed by atoms with Crippen molar-refractivity contribution in [3.05, 3.63) is 116 Å². The van der Waals surface area contributed by atoms with Gasteiger partial charge in [-0.15, -0.1) is 0 Å². The second-order valence-corrected chi connectivity index (χ2v) is 14.1. The molecule has 0 amide bonds. The molecule has 0 saturated heterocycles. The van der Waals surface area contributed by atoms with Gasteiger partial charge in [0.15, 0.2) is 11.6 Å². The highest BCUT2D eigenvalue weighted by Gasteiger charge is 2.28. The van der Waals surface area contributed by atoms with Crippen LogP contribution in [-0.4, -0.2) is 28.8 Å². The topological polar surface area (TPSA) is 85.9 Å². The number of fused-ring (bicyclic) bond motifs is 1. The van der Waals surface area contributed by atoms with Gasteiger partial charge in [-0.25, -0.2) is 0 Å². The minimum Gasteiger partial charge on any atom is -0.412 e. The van der Waals surface area contributed by atoms with E-state index in [0.29, 0.717) is 28.7 Å². The average molecular weight is 928 g/mol. The Kier molecular flexibility index (Phi) is 85.5. The Hall–Kier alpha value is -3.34. The first-order valence-electron chi connectivity index (χ1n) is 26.8. The molecule has 4 heteroatoms. The summed E-state index contributed by atoms with van der Waals surface area (Å²) in [5, 5.41) is 7.57. The van der Waals surface area contributed by atoms with Crippen molar-refractivity contribution in [2.24, 2.45) is 0 Å². The van der Waals surface area contributed by atoms with Crippen molar-refractivity contribution < 1.29 is 20.2 Å². The first-order valence-corrected chi connectivity index (χ1v) is 26.8. The third-order valence-corrected chi connectivity index (χ3v) is 8.71. The molecule has 0 aliphatic heterocycles. The summed E-state index contributed by atoms with van der Waals surface area (Å²) in [5.74, 6) is -0.0307. The van der Waals surface area contributed by atoms with Gasteiger partial charge in [-0.1, -0.05) is 224 Å². The molecular weight excluding hydrogens is 809 g/mol. The number of carbonyl (C=O) groups is 2. The van der Waals surface area contributed by atoms with E-state index < -0.39 is 0 Å². The number of Topliss-reactive ketones (excluding diaryl/α,β-unsaturated/α-hetero) is 2. The van der Waals surface area contributed by atoms with Gasteiger partial charge in [0.1, 0.15) is 0 Å². The largest absolute Gasteiger partial charge is 0.412 e. The minimum atomic E-state index is -0.0226. The Labute approximate surface area is 416 Å². The fraction of sp³-hybridized carbons (Fsp3) is 0.645. The van der Waals surface area contributed by atoms with Crippen molar-refractivity contribution in [1.29, 1.82) is 0 Å². The number of carbonyl (C=O) groups excluding carboxylic acids is 2. The zero-order valence-corrected chi connectivity index (χ0v) is 49.1. The molecule has 66 heavy (non-hydrogen) atoms. The first kappa shape index (κ1) is 82.7. The van der Waals surface area contributed by atoms with Crippen molar-refractivity contribution in [2.75, 3.05) is 6.61 Å². The summed E-state index contributed by atoms with van der Waals surface area (Å²) < 4.78 is 0. The molecule has 0 spiro atoms. The fourth-order valence-electron chi connectivity index (χ4n) is 5.36. The molecule has 0 radical (unpaired) electrons. The molecular formula is C62H118O4. The van der Waals surface area contributed by atoms with Gasteiger partial charge in [-0.05, 0) is 133 Å². The molecule has 0 bridgehead atoms. The number of hydrogen-bond acceptors (Lipinski definition) is 3. The summed E-state index contributed by atoms with van der Waals surface area (Å²) >= 11 is 0. The number of aliphatic hydroxyl groups is 1. The lowest BCUT2D eigenvalue weighted by Crippen LogP contribution is -2.20. The predicted molar refractivity (Wildman–Crippen MR) is 308 cm³/mol. The highest BCUT2D eigenvalue weighted by molar-refractivity contribution is 6.26. The van der Waals surface area contributed by atoms with E-state index in [1.54, 1.807) is 26.0 Å². The van der Waals surface area contributed by atoms with Crippen LogP contribution < -0.4 is 0 Å². The monoisotopic (exact) mass is 927 g/mol. The van der Waals surface area contributed by atoms with Crippen molar-refractivity contribution in [2.45, 2.75) is 263 Å². The summed E-state index contributed by atoms with van der Waals surface area (Å²) in [7, 11) is 0. The summed E-state index contributed by atoms with van der Waals surface area (Å²) in [5.41, 5.74) is 10.9. The smallest absolute Gasteiger partial charge is 0.190 e. The second-order valence-electron chi connectivity index (χ2n) is 14.1. The SMILES string of the molecule is C1CC1.CC.CC.CC.CC.CC.CC.CC.CC.CC(C)=CCC/C(C)=C/CC/C(C)=C/CC/C(C)=C/CC/C(C)=C/CC/C(C)=C/CC1=C(C)C(=O)c2ccccc2C1=O.CCO.O. The van der Waals surface area contributed by atoms with E-state index in [9.17, 15) is 9.59 Å². The average Bonchev–Trinajstić information content (AvgIpc) is 4.24. The Bertz CT molecular complexity index is 1400. The number of hydrogen-bond donors (Lipinski definition) is 1. The molecule has 1 aromatic carbocycles. The highest BCUT2D eigenvalue weighted by Crippen LogP contribution is 2.28. The molecule has 3 N–H and O–H groups in total. The molecule has 1 aromatic rings. The zero-order valence-electron chi connectivity index (χ0n) is 49.1. The van der Waals surface area contributed by atoms with Crippen LogP contribution in [0.2, 0.25) is 0 Å². The first-order chi connectivity index (χ1) is 31.4. The van der Waals surface area contributed by atoms with Crippen LogP contribution in [0.4, 0.5) is 0 Å². The normalized spacial score (nSPS) is 12.1. The molecule has 0 unspecified atom stereocenters. The number of allylic oxidation sites excluding steroid dienone is 14. The van der Waals surface area contributed by atoms with E-state index in [0.717, 1.165) is 57.8 Å².